The summed E-state index contributed by atoms with van der Waals surface area (Å²) in [7, 11) is 2.18. The summed E-state index contributed by atoms with van der Waals surface area (Å²) in [5.41, 5.74) is 7.16. The number of likely N-dealkylation sites (N-methyl/N-ethyl adjacent to an activating group) is 1. The smallest absolute Gasteiger partial charge is 0.138 e. The van der Waals surface area contributed by atoms with Crippen molar-refractivity contribution in [2.75, 3.05) is 51.3 Å². The summed E-state index contributed by atoms with van der Waals surface area (Å²) in [4.78, 5) is 21.4. The molecule has 5 aromatic rings. The van der Waals surface area contributed by atoms with Gasteiger partial charge in [0.2, 0.25) is 0 Å². The van der Waals surface area contributed by atoms with Gasteiger partial charge in [-0.05, 0) is 80.6 Å². The first-order valence-electron chi connectivity index (χ1n) is 15.4. The summed E-state index contributed by atoms with van der Waals surface area (Å²) in [5, 5.41) is 8.89. The number of nitrogens with one attached hydrogen (secondary N) is 2. The summed E-state index contributed by atoms with van der Waals surface area (Å²) >= 11 is 0. The summed E-state index contributed by atoms with van der Waals surface area (Å²) < 4.78 is 5.74. The van der Waals surface area contributed by atoms with E-state index in [1.807, 2.05) is 44.2 Å². The van der Waals surface area contributed by atoms with Crippen molar-refractivity contribution >= 4 is 27.8 Å². The second-order valence-corrected chi connectivity index (χ2v) is 10.4. The maximum Gasteiger partial charge on any atom is 0.138 e. The Morgan fingerprint density at radius 1 is 0.762 bits per heavy atom. The van der Waals surface area contributed by atoms with Crippen LogP contribution < -0.4 is 9.64 Å². The number of hydrogen-bond donors (Lipinski definition) is 3. The molecule has 0 spiro atoms. The van der Waals surface area contributed by atoms with Gasteiger partial charge in [-0.1, -0.05) is 34.1 Å². The molecule has 0 radical (unpaired) electrons. The summed E-state index contributed by atoms with van der Waals surface area (Å²) in [6.07, 6.45) is 2.84. The van der Waals surface area contributed by atoms with Crippen molar-refractivity contribution in [3.63, 3.8) is 0 Å². The number of benzene rings is 3. The molecule has 1 aliphatic rings. The molecular weight excluding hydrogens is 524 g/mol. The van der Waals surface area contributed by atoms with E-state index in [9.17, 15) is 0 Å². The number of piperazine rings is 1. The SMILES string of the molecule is CC.CCC.CN1CCN(c2ccc3nc(-c4ccc5nc(-c6ccc(OCCCCO)cc6)[nH]c5c4)[nH]c3c2)CC1. The summed E-state index contributed by atoms with van der Waals surface area (Å²) in [6, 6.07) is 20.6. The van der Waals surface area contributed by atoms with Gasteiger partial charge in [0.05, 0.1) is 28.7 Å². The molecule has 1 saturated heterocycles. The van der Waals surface area contributed by atoms with Gasteiger partial charge in [0, 0.05) is 49.6 Å². The standard InChI is InChI=1S/C29H32N6O2.C3H8.C2H6/c1-34-12-14-35(15-13-34)22-7-11-25-27(19-22)33-29(31-25)21-6-10-24-26(18-21)32-28(30-24)20-4-8-23(9-5-20)37-17-3-2-16-36;1-3-2;1-2/h4-11,18-19,36H,2-3,12-17H2,1H3,(H,30,32)(H,31,33);3H2,1-2H3;1-2H3. The largest absolute Gasteiger partial charge is 0.494 e. The first-order chi connectivity index (χ1) is 20.6. The van der Waals surface area contributed by atoms with Crippen LogP contribution in [0, 0.1) is 0 Å². The van der Waals surface area contributed by atoms with Gasteiger partial charge in [0.15, 0.2) is 0 Å². The van der Waals surface area contributed by atoms with Crippen molar-refractivity contribution in [2.24, 2.45) is 0 Å². The van der Waals surface area contributed by atoms with Gasteiger partial charge in [-0.25, -0.2) is 9.97 Å². The van der Waals surface area contributed by atoms with E-state index in [0.717, 1.165) is 89.6 Å². The number of nitrogens with zero attached hydrogens (tertiary/aromatic N) is 4. The minimum atomic E-state index is 0.199. The number of imidazole rings is 2. The molecule has 42 heavy (non-hydrogen) atoms. The van der Waals surface area contributed by atoms with E-state index in [1.54, 1.807) is 0 Å². The van der Waals surface area contributed by atoms with Crippen molar-refractivity contribution in [2.45, 2.75) is 47.0 Å². The molecule has 0 saturated carbocycles. The summed E-state index contributed by atoms with van der Waals surface area (Å²) in [5.74, 6) is 2.49. The van der Waals surface area contributed by atoms with Crippen LogP contribution >= 0.6 is 0 Å². The first-order valence-corrected chi connectivity index (χ1v) is 15.4. The zero-order valence-corrected chi connectivity index (χ0v) is 25.8. The van der Waals surface area contributed by atoms with E-state index in [0.29, 0.717) is 6.61 Å². The highest BCUT2D eigenvalue weighted by molar-refractivity contribution is 5.87. The Labute approximate surface area is 249 Å². The number of aliphatic hydroxyl groups excluding tert-OH is 1. The predicted molar refractivity (Wildman–Crippen MR) is 175 cm³/mol. The number of ether oxygens (including phenoxy) is 1. The third-order valence-electron chi connectivity index (χ3n) is 7.04. The van der Waals surface area contributed by atoms with E-state index in [1.165, 1.54) is 12.1 Å². The maximum atomic E-state index is 8.89. The van der Waals surface area contributed by atoms with Gasteiger partial charge < -0.3 is 29.6 Å². The van der Waals surface area contributed by atoms with Crippen LogP contribution in [0.1, 0.15) is 47.0 Å². The molecular formula is C34H46N6O2. The van der Waals surface area contributed by atoms with Crippen LogP contribution in [-0.4, -0.2) is 76.4 Å². The molecule has 8 heteroatoms. The fourth-order valence-electron chi connectivity index (χ4n) is 4.80. The second-order valence-electron chi connectivity index (χ2n) is 10.4. The number of anilines is 1. The molecule has 3 heterocycles. The average molecular weight is 571 g/mol. The lowest BCUT2D eigenvalue weighted by molar-refractivity contribution is 0.253. The van der Waals surface area contributed by atoms with Gasteiger partial charge in [-0.2, -0.15) is 0 Å². The number of hydrogen-bond acceptors (Lipinski definition) is 6. The van der Waals surface area contributed by atoms with E-state index >= 15 is 0 Å². The highest BCUT2D eigenvalue weighted by Crippen LogP contribution is 2.29. The molecule has 2 aromatic heterocycles. The molecule has 224 valence electrons. The second kappa shape index (κ2) is 15.4. The van der Waals surface area contributed by atoms with Crippen molar-refractivity contribution in [1.29, 1.82) is 0 Å². The van der Waals surface area contributed by atoms with Gasteiger partial charge in [-0.3, -0.25) is 0 Å². The van der Waals surface area contributed by atoms with Gasteiger partial charge in [-0.15, -0.1) is 0 Å². The van der Waals surface area contributed by atoms with Crippen LogP contribution in [0.15, 0.2) is 60.7 Å². The molecule has 1 fully saturated rings. The van der Waals surface area contributed by atoms with Gasteiger partial charge in [0.1, 0.15) is 17.4 Å². The quantitative estimate of drug-likeness (QED) is 0.172. The molecule has 6 rings (SSSR count). The molecule has 1 aliphatic heterocycles. The van der Waals surface area contributed by atoms with Crippen LogP contribution in [-0.2, 0) is 0 Å². The molecule has 3 aromatic carbocycles. The van der Waals surface area contributed by atoms with Crippen LogP contribution in [0.25, 0.3) is 44.8 Å². The molecule has 3 N–H and O–H groups in total. The van der Waals surface area contributed by atoms with E-state index < -0.39 is 0 Å². The Bertz CT molecular complexity index is 1520. The zero-order chi connectivity index (χ0) is 29.9. The molecule has 0 atom stereocenters. The fraction of sp³-hybridized carbons (Fsp3) is 0.412. The Kier molecular flexibility index (Phi) is 11.4. The Morgan fingerprint density at radius 2 is 1.33 bits per heavy atom. The molecule has 0 aliphatic carbocycles. The Morgan fingerprint density at radius 3 is 1.98 bits per heavy atom. The number of H-pyrrole nitrogens is 2. The zero-order valence-electron chi connectivity index (χ0n) is 25.8. The predicted octanol–water partition coefficient (Wildman–Crippen LogP) is 7.12. The molecule has 8 nitrogen and oxygen atoms in total. The number of aromatic amines is 2. The lowest BCUT2D eigenvalue weighted by Gasteiger charge is -2.34. The molecule has 0 bridgehead atoms. The van der Waals surface area contributed by atoms with Crippen molar-refractivity contribution in [1.82, 2.24) is 24.8 Å². The minimum absolute atomic E-state index is 0.199. The first kappa shape index (κ1) is 31.1. The number of aliphatic hydroxyl groups is 1. The monoisotopic (exact) mass is 570 g/mol. The van der Waals surface area contributed by atoms with Crippen LogP contribution in [0.4, 0.5) is 5.69 Å². The lowest BCUT2D eigenvalue weighted by Crippen LogP contribution is -2.44. The van der Waals surface area contributed by atoms with Crippen molar-refractivity contribution in [3.8, 4) is 28.5 Å². The fourth-order valence-corrected chi connectivity index (χ4v) is 4.80. The Balaban J connectivity index is 0.000000763. The van der Waals surface area contributed by atoms with E-state index in [-0.39, 0.29) is 6.61 Å². The average Bonchev–Trinajstić information content (AvgIpc) is 3.65. The van der Waals surface area contributed by atoms with Crippen LogP contribution in [0.2, 0.25) is 0 Å². The number of unbranched alkanes of at least 4 members (excludes halogenated alkanes) is 1. The van der Waals surface area contributed by atoms with Gasteiger partial charge >= 0.3 is 0 Å². The number of rotatable bonds is 8. The maximum absolute atomic E-state index is 8.89. The van der Waals surface area contributed by atoms with Crippen LogP contribution in [0.5, 0.6) is 5.75 Å². The van der Waals surface area contributed by atoms with E-state index in [4.69, 9.17) is 19.8 Å². The minimum Gasteiger partial charge on any atom is -0.494 e. The van der Waals surface area contributed by atoms with Crippen molar-refractivity contribution < 1.29 is 9.84 Å². The number of fused-ring (bicyclic) bond motifs is 2. The highest BCUT2D eigenvalue weighted by Gasteiger charge is 2.16. The van der Waals surface area contributed by atoms with Crippen molar-refractivity contribution in [3.05, 3.63) is 60.7 Å². The molecule has 0 unspecified atom stereocenters. The topological polar surface area (TPSA) is 93.3 Å². The normalized spacial score (nSPS) is 13.4. The number of aromatic nitrogens is 4. The molecule has 0 amide bonds. The van der Waals surface area contributed by atoms with E-state index in [2.05, 4.69) is 71.0 Å². The van der Waals surface area contributed by atoms with Gasteiger partial charge in [0.25, 0.3) is 0 Å². The third-order valence-corrected chi connectivity index (χ3v) is 7.04. The lowest BCUT2D eigenvalue weighted by atomic mass is 10.2. The Hall–Kier alpha value is -3.88. The summed E-state index contributed by atoms with van der Waals surface area (Å²) in [6.45, 7) is 13.3. The highest BCUT2D eigenvalue weighted by atomic mass is 16.5. The third kappa shape index (κ3) is 7.69. The van der Waals surface area contributed by atoms with Crippen LogP contribution in [0.3, 0.4) is 0 Å².